The Labute approximate surface area is 165 Å². The van der Waals surface area contributed by atoms with Crippen LogP contribution in [0, 0.1) is 0 Å². The van der Waals surface area contributed by atoms with Crippen molar-refractivity contribution in [1.82, 2.24) is 4.90 Å². The molecule has 156 valence electrons. The molecule has 4 rings (SSSR count). The van der Waals surface area contributed by atoms with E-state index in [9.17, 15) is 16.8 Å². The molecule has 1 spiro atoms. The largest absolute Gasteiger partial charge is 0.497 e. The van der Waals surface area contributed by atoms with Crippen molar-refractivity contribution in [3.8, 4) is 5.75 Å². The van der Waals surface area contributed by atoms with Crippen molar-refractivity contribution >= 4 is 19.7 Å². The van der Waals surface area contributed by atoms with Crippen LogP contribution in [-0.4, -0.2) is 83.7 Å². The second-order valence-corrected chi connectivity index (χ2v) is 11.9. The number of sulfone groups is 2. The van der Waals surface area contributed by atoms with Crippen molar-refractivity contribution < 1.29 is 31.0 Å². The van der Waals surface area contributed by atoms with Gasteiger partial charge in [-0.3, -0.25) is 4.90 Å². The lowest BCUT2D eigenvalue weighted by Crippen LogP contribution is -2.53. The first-order chi connectivity index (χ1) is 13.2. The summed E-state index contributed by atoms with van der Waals surface area (Å²) in [7, 11) is -5.73. The molecule has 0 unspecified atom stereocenters. The minimum atomic E-state index is -3.80. The van der Waals surface area contributed by atoms with E-state index < -0.39 is 36.8 Å². The number of ether oxygens (including phenoxy) is 3. The third-order valence-electron chi connectivity index (χ3n) is 5.90. The van der Waals surface area contributed by atoms with E-state index in [4.69, 9.17) is 14.2 Å². The number of benzene rings is 1. The second-order valence-electron chi connectivity index (χ2n) is 7.55. The maximum absolute atomic E-state index is 13.2. The number of hydrogen-bond acceptors (Lipinski definition) is 8. The lowest BCUT2D eigenvalue weighted by atomic mass is 10.0. The van der Waals surface area contributed by atoms with Crippen LogP contribution >= 0.6 is 0 Å². The number of hydrogen-bond donors (Lipinski definition) is 0. The molecule has 3 aliphatic rings. The van der Waals surface area contributed by atoms with E-state index in [-0.39, 0.29) is 16.4 Å². The Morgan fingerprint density at radius 3 is 2.25 bits per heavy atom. The normalized spacial score (nSPS) is 29.9. The van der Waals surface area contributed by atoms with Crippen LogP contribution in [0.4, 0.5) is 0 Å². The molecule has 2 atom stereocenters. The van der Waals surface area contributed by atoms with Gasteiger partial charge in [-0.2, -0.15) is 0 Å². The van der Waals surface area contributed by atoms with Crippen LogP contribution in [0.15, 0.2) is 29.2 Å². The highest BCUT2D eigenvalue weighted by atomic mass is 32.2. The number of likely N-dealkylation sites (tertiary alicyclic amines) is 1. The van der Waals surface area contributed by atoms with Crippen LogP contribution in [0.5, 0.6) is 5.75 Å². The predicted octanol–water partition coefficient (Wildman–Crippen LogP) is 0.473. The molecule has 0 bridgehead atoms. The van der Waals surface area contributed by atoms with E-state index >= 15 is 0 Å². The standard InChI is InChI=1S/C18H25NO7S2/c1-24-14-2-4-15(5-3-14)28(22,23)17-13-27(20,21)12-16(17)19-8-6-18(7-9-19)25-10-11-26-18/h2-5,16-17H,6-13H2,1H3/t16-,17-/m1/s1. The zero-order chi connectivity index (χ0) is 20.0. The van der Waals surface area contributed by atoms with E-state index in [0.717, 1.165) is 0 Å². The van der Waals surface area contributed by atoms with Gasteiger partial charge < -0.3 is 14.2 Å². The molecule has 0 radical (unpaired) electrons. The van der Waals surface area contributed by atoms with Crippen LogP contribution in [0.25, 0.3) is 0 Å². The SMILES string of the molecule is COc1ccc(S(=O)(=O)[C@@H]2CS(=O)(=O)C[C@H]2N2CCC3(CC2)OCCO3)cc1. The highest BCUT2D eigenvalue weighted by Gasteiger charge is 2.50. The summed E-state index contributed by atoms with van der Waals surface area (Å²) in [4.78, 5) is 2.10. The Kier molecular flexibility index (Phi) is 5.20. The lowest BCUT2D eigenvalue weighted by molar-refractivity contribution is -0.187. The van der Waals surface area contributed by atoms with Crippen molar-refractivity contribution in [2.45, 2.75) is 34.8 Å². The number of methoxy groups -OCH3 is 1. The summed E-state index contributed by atoms with van der Waals surface area (Å²) in [6.07, 6.45) is 1.22. The van der Waals surface area contributed by atoms with Gasteiger partial charge in [0.25, 0.3) is 0 Å². The Balaban J connectivity index is 1.57. The van der Waals surface area contributed by atoms with Crippen LogP contribution in [-0.2, 0) is 29.1 Å². The average Bonchev–Trinajstić information content (AvgIpc) is 3.27. The fourth-order valence-corrected chi connectivity index (χ4v) is 9.19. The van der Waals surface area contributed by atoms with Gasteiger partial charge in [0.1, 0.15) is 5.75 Å². The van der Waals surface area contributed by atoms with E-state index in [1.807, 2.05) is 4.90 Å². The fraction of sp³-hybridized carbons (Fsp3) is 0.667. The first-order valence-corrected chi connectivity index (χ1v) is 12.7. The molecule has 0 saturated carbocycles. The van der Waals surface area contributed by atoms with Crippen LogP contribution in [0.3, 0.4) is 0 Å². The zero-order valence-corrected chi connectivity index (χ0v) is 17.4. The highest BCUT2D eigenvalue weighted by Crippen LogP contribution is 2.36. The highest BCUT2D eigenvalue weighted by molar-refractivity contribution is 7.96. The third-order valence-corrected chi connectivity index (χ3v) is 10.0. The molecular formula is C18H25NO7S2. The first kappa shape index (κ1) is 20.1. The smallest absolute Gasteiger partial charge is 0.183 e. The predicted molar refractivity (Wildman–Crippen MR) is 102 cm³/mol. The second kappa shape index (κ2) is 7.24. The van der Waals surface area contributed by atoms with Crippen molar-refractivity contribution in [3.05, 3.63) is 24.3 Å². The summed E-state index contributed by atoms with van der Waals surface area (Å²) in [5, 5.41) is -0.981. The van der Waals surface area contributed by atoms with Crippen LogP contribution < -0.4 is 4.74 Å². The number of rotatable bonds is 4. The summed E-state index contributed by atoms with van der Waals surface area (Å²) >= 11 is 0. The maximum atomic E-state index is 13.2. The van der Waals surface area contributed by atoms with Gasteiger partial charge in [0.05, 0.1) is 42.0 Å². The number of nitrogens with zero attached hydrogens (tertiary/aromatic N) is 1. The van der Waals surface area contributed by atoms with Crippen molar-refractivity contribution in [2.24, 2.45) is 0 Å². The minimum Gasteiger partial charge on any atom is -0.497 e. The minimum absolute atomic E-state index is 0.122. The maximum Gasteiger partial charge on any atom is 0.183 e. The van der Waals surface area contributed by atoms with E-state index in [0.29, 0.717) is 44.9 Å². The quantitative estimate of drug-likeness (QED) is 0.679. The Bertz CT molecular complexity index is 911. The van der Waals surface area contributed by atoms with Gasteiger partial charge in [-0.15, -0.1) is 0 Å². The van der Waals surface area contributed by atoms with Crippen molar-refractivity contribution in [1.29, 1.82) is 0 Å². The Morgan fingerprint density at radius 1 is 1.07 bits per heavy atom. The van der Waals surface area contributed by atoms with E-state index in [1.165, 1.54) is 19.2 Å². The molecule has 10 heteroatoms. The molecule has 0 aliphatic carbocycles. The van der Waals surface area contributed by atoms with Gasteiger partial charge in [0.15, 0.2) is 25.5 Å². The molecule has 3 fully saturated rings. The molecule has 0 N–H and O–H groups in total. The molecule has 0 aromatic heterocycles. The monoisotopic (exact) mass is 431 g/mol. The Hall–Kier alpha value is -1.20. The van der Waals surface area contributed by atoms with Gasteiger partial charge in [-0.1, -0.05) is 0 Å². The Morgan fingerprint density at radius 2 is 1.68 bits per heavy atom. The topological polar surface area (TPSA) is 99.2 Å². The summed E-state index contributed by atoms with van der Waals surface area (Å²) in [5.41, 5.74) is 0. The van der Waals surface area contributed by atoms with Gasteiger partial charge in [-0.05, 0) is 24.3 Å². The van der Waals surface area contributed by atoms with Crippen LogP contribution in [0.2, 0.25) is 0 Å². The summed E-state index contributed by atoms with van der Waals surface area (Å²) in [6, 6.07) is 5.54. The zero-order valence-electron chi connectivity index (χ0n) is 15.7. The third kappa shape index (κ3) is 3.68. The molecule has 28 heavy (non-hydrogen) atoms. The summed E-state index contributed by atoms with van der Waals surface area (Å²) in [5.74, 6) is -0.520. The van der Waals surface area contributed by atoms with Crippen LogP contribution in [0.1, 0.15) is 12.8 Å². The summed E-state index contributed by atoms with van der Waals surface area (Å²) < 4.78 is 67.7. The molecule has 3 saturated heterocycles. The summed E-state index contributed by atoms with van der Waals surface area (Å²) in [6.45, 7) is 2.22. The van der Waals surface area contributed by atoms with Gasteiger partial charge >= 0.3 is 0 Å². The molecule has 8 nitrogen and oxygen atoms in total. The van der Waals surface area contributed by atoms with Crippen molar-refractivity contribution in [3.63, 3.8) is 0 Å². The van der Waals surface area contributed by atoms with Gasteiger partial charge in [0.2, 0.25) is 0 Å². The van der Waals surface area contributed by atoms with Crippen molar-refractivity contribution in [2.75, 3.05) is 44.9 Å². The van der Waals surface area contributed by atoms with Gasteiger partial charge in [0, 0.05) is 32.0 Å². The van der Waals surface area contributed by atoms with E-state index in [1.54, 1.807) is 12.1 Å². The van der Waals surface area contributed by atoms with Gasteiger partial charge in [-0.25, -0.2) is 16.8 Å². The molecule has 0 amide bonds. The molecule has 3 heterocycles. The number of piperidine rings is 1. The molecule has 1 aromatic carbocycles. The van der Waals surface area contributed by atoms with E-state index in [2.05, 4.69) is 0 Å². The molecule has 1 aromatic rings. The first-order valence-electron chi connectivity index (χ1n) is 9.35. The fourth-order valence-electron chi connectivity index (χ4n) is 4.36. The average molecular weight is 432 g/mol. The molecule has 3 aliphatic heterocycles. The molecular weight excluding hydrogens is 406 g/mol. The lowest BCUT2D eigenvalue weighted by Gasteiger charge is -2.41.